The van der Waals surface area contributed by atoms with Crippen molar-refractivity contribution in [2.24, 2.45) is 0 Å². The Kier molecular flexibility index (Phi) is 3.79. The molecular weight excluding hydrogens is 354 g/mol. The second kappa shape index (κ2) is 6.45. The summed E-state index contributed by atoms with van der Waals surface area (Å²) in [5, 5.41) is 12.5. The molecule has 2 aromatic carbocycles. The van der Waals surface area contributed by atoms with Gasteiger partial charge in [0, 0.05) is 30.6 Å². The molecule has 140 valence electrons. The van der Waals surface area contributed by atoms with Gasteiger partial charge in [0.05, 0.1) is 12.0 Å². The predicted octanol–water partition coefficient (Wildman–Crippen LogP) is 3.15. The number of benzene rings is 2. The highest BCUT2D eigenvalue weighted by atomic mass is 16.7. The van der Waals surface area contributed by atoms with Crippen LogP contribution in [0.15, 0.2) is 67.3 Å². The number of amidine groups is 1. The fraction of sp³-hybridized carbons (Fsp3) is 0.143. The molecule has 1 aromatic heterocycles. The number of likely N-dealkylation sites (N-methyl/N-ethyl adjacent to an activating group) is 1. The monoisotopic (exact) mass is 373 g/mol. The minimum atomic E-state index is -0.261. The quantitative estimate of drug-likeness (QED) is 0.738. The first kappa shape index (κ1) is 16.4. The number of ether oxygens (including phenoxy) is 2. The third-order valence-electron chi connectivity index (χ3n) is 5.01. The van der Waals surface area contributed by atoms with Crippen LogP contribution < -0.4 is 14.8 Å². The lowest BCUT2D eigenvalue weighted by Crippen LogP contribution is -2.46. The maximum atomic E-state index is 8.89. The number of imidazole rings is 1. The van der Waals surface area contributed by atoms with E-state index in [-0.39, 0.29) is 13.1 Å². The molecule has 7 heteroatoms. The van der Waals surface area contributed by atoms with E-state index >= 15 is 0 Å². The molecule has 0 fully saturated rings. The molecule has 2 aliphatic rings. The molecule has 3 aromatic rings. The average molecular weight is 373 g/mol. The van der Waals surface area contributed by atoms with E-state index < -0.39 is 0 Å². The highest BCUT2D eigenvalue weighted by Crippen LogP contribution is 2.38. The molecule has 28 heavy (non-hydrogen) atoms. The fourth-order valence-corrected chi connectivity index (χ4v) is 3.57. The first-order chi connectivity index (χ1) is 13.7. The minimum absolute atomic E-state index is 0.229. The van der Waals surface area contributed by atoms with E-state index in [0.29, 0.717) is 11.6 Å². The van der Waals surface area contributed by atoms with Crippen LogP contribution in [-0.4, -0.2) is 34.1 Å². The third kappa shape index (κ3) is 2.60. The van der Waals surface area contributed by atoms with E-state index in [1.807, 2.05) is 71.2 Å². The van der Waals surface area contributed by atoms with Crippen molar-refractivity contribution < 1.29 is 9.47 Å². The summed E-state index contributed by atoms with van der Waals surface area (Å²) in [5.74, 6) is 1.87. The number of nitrogens with zero attached hydrogens (tertiary/aromatic N) is 3. The molecule has 5 rings (SSSR count). The summed E-state index contributed by atoms with van der Waals surface area (Å²) < 4.78 is 12.9. The molecule has 1 unspecified atom stereocenters. The smallest absolute Gasteiger partial charge is 0.231 e. The Bertz CT molecular complexity index is 1060. The molecule has 7 nitrogen and oxygen atoms in total. The molecule has 0 spiro atoms. The van der Waals surface area contributed by atoms with Gasteiger partial charge in [-0.2, -0.15) is 0 Å². The largest absolute Gasteiger partial charge is 0.454 e. The standard InChI is InChI=1S/C21H19N5O2/c1-25-20(22)18(14-5-3-2-4-6-14)19(24-21(25)26-10-9-23-12-26)15-7-8-16-17(11-15)28-13-27-16/h2-12,21-22,24H,13H2,1H3. The van der Waals surface area contributed by atoms with E-state index in [2.05, 4.69) is 10.3 Å². The van der Waals surface area contributed by atoms with E-state index in [4.69, 9.17) is 14.9 Å². The molecule has 0 aliphatic carbocycles. The van der Waals surface area contributed by atoms with E-state index in [9.17, 15) is 0 Å². The van der Waals surface area contributed by atoms with Gasteiger partial charge in [0.15, 0.2) is 17.8 Å². The number of hydrogen-bond acceptors (Lipinski definition) is 5. The van der Waals surface area contributed by atoms with Crippen LogP contribution in [0, 0.1) is 5.41 Å². The Hall–Kier alpha value is -3.74. The van der Waals surface area contributed by atoms with Crippen molar-refractivity contribution >= 4 is 17.1 Å². The Morgan fingerprint density at radius 2 is 1.89 bits per heavy atom. The number of nitrogens with one attached hydrogen (secondary N) is 2. The zero-order valence-electron chi connectivity index (χ0n) is 15.3. The van der Waals surface area contributed by atoms with Gasteiger partial charge in [-0.15, -0.1) is 0 Å². The van der Waals surface area contributed by atoms with Crippen molar-refractivity contribution in [1.82, 2.24) is 19.8 Å². The van der Waals surface area contributed by atoms with Crippen LogP contribution >= 0.6 is 0 Å². The Morgan fingerprint density at radius 3 is 2.68 bits per heavy atom. The fourth-order valence-electron chi connectivity index (χ4n) is 3.57. The molecule has 3 heterocycles. The first-order valence-electron chi connectivity index (χ1n) is 8.98. The molecule has 0 saturated heterocycles. The summed E-state index contributed by atoms with van der Waals surface area (Å²) in [6.45, 7) is 0.229. The molecule has 0 bridgehead atoms. The van der Waals surface area contributed by atoms with Crippen molar-refractivity contribution in [3.05, 3.63) is 78.4 Å². The van der Waals surface area contributed by atoms with Gasteiger partial charge in [-0.3, -0.25) is 9.98 Å². The highest BCUT2D eigenvalue weighted by molar-refractivity contribution is 6.28. The summed E-state index contributed by atoms with van der Waals surface area (Å²) in [5.41, 5.74) is 3.61. The van der Waals surface area contributed by atoms with Crippen molar-refractivity contribution in [1.29, 1.82) is 5.41 Å². The molecule has 2 aliphatic heterocycles. The van der Waals surface area contributed by atoms with Crippen LogP contribution in [-0.2, 0) is 0 Å². The van der Waals surface area contributed by atoms with Gasteiger partial charge in [0.25, 0.3) is 0 Å². The number of aromatic nitrogens is 2. The minimum Gasteiger partial charge on any atom is -0.454 e. The van der Waals surface area contributed by atoms with Gasteiger partial charge < -0.3 is 19.7 Å². The van der Waals surface area contributed by atoms with Gasteiger partial charge in [-0.05, 0) is 23.8 Å². The van der Waals surface area contributed by atoms with Crippen LogP contribution in [0.4, 0.5) is 0 Å². The van der Waals surface area contributed by atoms with Crippen LogP contribution in [0.5, 0.6) is 11.5 Å². The normalized spacial score (nSPS) is 18.4. The third-order valence-corrected chi connectivity index (χ3v) is 5.01. The Balaban J connectivity index is 1.69. The number of rotatable bonds is 3. The Labute approximate surface area is 162 Å². The molecule has 0 radical (unpaired) electrons. The van der Waals surface area contributed by atoms with Gasteiger partial charge in [0.1, 0.15) is 5.84 Å². The van der Waals surface area contributed by atoms with E-state index in [1.54, 1.807) is 12.5 Å². The SMILES string of the molecule is CN1C(=N)C(c2ccccc2)=C(c2ccc3c(c2)OCO3)NC1n1ccnc1. The van der Waals surface area contributed by atoms with Gasteiger partial charge in [-0.25, -0.2) is 4.98 Å². The van der Waals surface area contributed by atoms with Crippen molar-refractivity contribution in [3.63, 3.8) is 0 Å². The van der Waals surface area contributed by atoms with Gasteiger partial charge in [0.2, 0.25) is 6.79 Å². The number of hydrogen-bond donors (Lipinski definition) is 2. The second-order valence-electron chi connectivity index (χ2n) is 6.67. The summed E-state index contributed by atoms with van der Waals surface area (Å²) in [7, 11) is 1.90. The maximum absolute atomic E-state index is 8.89. The lowest BCUT2D eigenvalue weighted by molar-refractivity contribution is 0.174. The van der Waals surface area contributed by atoms with Crippen LogP contribution in [0.25, 0.3) is 11.3 Å². The van der Waals surface area contributed by atoms with E-state index in [1.165, 1.54) is 0 Å². The molecular formula is C21H19N5O2. The molecule has 0 saturated carbocycles. The average Bonchev–Trinajstić information content (AvgIpc) is 3.41. The maximum Gasteiger partial charge on any atom is 0.231 e. The second-order valence-corrected chi connectivity index (χ2v) is 6.67. The topological polar surface area (TPSA) is 75.4 Å². The van der Waals surface area contributed by atoms with Gasteiger partial charge in [-0.1, -0.05) is 30.3 Å². The van der Waals surface area contributed by atoms with Crippen molar-refractivity contribution in [3.8, 4) is 11.5 Å². The highest BCUT2D eigenvalue weighted by Gasteiger charge is 2.31. The summed E-state index contributed by atoms with van der Waals surface area (Å²) in [4.78, 5) is 6.04. The van der Waals surface area contributed by atoms with Crippen LogP contribution in [0.1, 0.15) is 17.4 Å². The molecule has 1 atom stereocenters. The van der Waals surface area contributed by atoms with E-state index in [0.717, 1.165) is 28.1 Å². The van der Waals surface area contributed by atoms with Crippen molar-refractivity contribution in [2.75, 3.05) is 13.8 Å². The lowest BCUT2D eigenvalue weighted by atomic mass is 9.96. The summed E-state index contributed by atoms with van der Waals surface area (Å²) >= 11 is 0. The van der Waals surface area contributed by atoms with Gasteiger partial charge >= 0.3 is 0 Å². The molecule has 2 N–H and O–H groups in total. The lowest BCUT2D eigenvalue weighted by Gasteiger charge is -2.39. The van der Waals surface area contributed by atoms with Crippen LogP contribution in [0.3, 0.4) is 0 Å². The van der Waals surface area contributed by atoms with Crippen LogP contribution in [0.2, 0.25) is 0 Å². The zero-order chi connectivity index (χ0) is 19.1. The first-order valence-corrected chi connectivity index (χ1v) is 8.98. The zero-order valence-corrected chi connectivity index (χ0v) is 15.3. The predicted molar refractivity (Wildman–Crippen MR) is 106 cm³/mol. The number of fused-ring (bicyclic) bond motifs is 1. The summed E-state index contributed by atoms with van der Waals surface area (Å²) in [6.07, 6.45) is 5.09. The molecule has 0 amide bonds. The Morgan fingerprint density at radius 1 is 1.07 bits per heavy atom. The summed E-state index contributed by atoms with van der Waals surface area (Å²) in [6, 6.07) is 15.8. The van der Waals surface area contributed by atoms with Crippen molar-refractivity contribution in [2.45, 2.75) is 6.29 Å².